The van der Waals surface area contributed by atoms with E-state index in [0.717, 1.165) is 29.7 Å². The fourth-order valence-corrected chi connectivity index (χ4v) is 5.23. The summed E-state index contributed by atoms with van der Waals surface area (Å²) in [6.07, 6.45) is 7.13. The van der Waals surface area contributed by atoms with Crippen LogP contribution >= 0.6 is 22.9 Å². The number of carboxylic acids is 1. The molecule has 1 heterocycles. The second-order valence-corrected chi connectivity index (χ2v) is 9.03. The Bertz CT molecular complexity index is 813. The second kappa shape index (κ2) is 9.05. The number of carbonyl (C=O) groups is 1. The Labute approximate surface area is 169 Å². The standard InChI is InChI=1S/C22H25ClO3S/c1-14-4-2-5-15(12-14)8-10-18-17(19(23)13-20(18)24)7-3-6-16-9-11-21(27-16)22(25)26/h2,4-5,8-12,17-20,24H,3,6-7,13H2,1H3,(H,25,26)/b10-8+/t17?,18-,19-,20?/m1/s1. The molecule has 0 amide bonds. The molecule has 27 heavy (non-hydrogen) atoms. The number of aromatic carboxylic acids is 1. The fraction of sp³-hybridized carbons (Fsp3) is 0.409. The molecule has 1 saturated carbocycles. The van der Waals surface area contributed by atoms with Gasteiger partial charge < -0.3 is 10.2 Å². The lowest BCUT2D eigenvalue weighted by molar-refractivity contribution is 0.0702. The van der Waals surface area contributed by atoms with Crippen molar-refractivity contribution in [2.24, 2.45) is 11.8 Å². The van der Waals surface area contributed by atoms with E-state index in [9.17, 15) is 9.90 Å². The lowest BCUT2D eigenvalue weighted by Crippen LogP contribution is -2.18. The highest BCUT2D eigenvalue weighted by Gasteiger charge is 2.39. The van der Waals surface area contributed by atoms with Crippen LogP contribution in [0.15, 0.2) is 42.5 Å². The van der Waals surface area contributed by atoms with Crippen LogP contribution < -0.4 is 0 Å². The third-order valence-electron chi connectivity index (χ3n) is 5.26. The number of benzene rings is 1. The molecule has 1 aromatic carbocycles. The maximum Gasteiger partial charge on any atom is 0.345 e. The average molecular weight is 405 g/mol. The van der Waals surface area contributed by atoms with Crippen LogP contribution in [0.1, 0.15) is 44.9 Å². The van der Waals surface area contributed by atoms with E-state index in [1.165, 1.54) is 16.9 Å². The normalized spacial score (nSPS) is 25.3. The van der Waals surface area contributed by atoms with Crippen molar-refractivity contribution in [2.45, 2.75) is 44.1 Å². The number of alkyl halides is 1. The molecule has 1 aliphatic carbocycles. The Kier molecular flexibility index (Phi) is 6.74. The maximum atomic E-state index is 11.0. The first-order chi connectivity index (χ1) is 12.9. The minimum absolute atomic E-state index is 0.0231. The quantitative estimate of drug-likeness (QED) is 0.608. The molecule has 0 radical (unpaired) electrons. The zero-order valence-corrected chi connectivity index (χ0v) is 16.9. The molecule has 0 aliphatic heterocycles. The molecule has 3 rings (SSSR count). The van der Waals surface area contributed by atoms with Crippen LogP contribution in [0, 0.1) is 18.8 Å². The minimum Gasteiger partial charge on any atom is -0.477 e. The summed E-state index contributed by atoms with van der Waals surface area (Å²) in [6.45, 7) is 2.07. The molecule has 1 aromatic heterocycles. The van der Waals surface area contributed by atoms with Gasteiger partial charge in [-0.25, -0.2) is 4.79 Å². The van der Waals surface area contributed by atoms with Gasteiger partial charge in [0.05, 0.1) is 6.10 Å². The maximum absolute atomic E-state index is 11.0. The van der Waals surface area contributed by atoms with Gasteiger partial charge in [0.25, 0.3) is 0 Å². The molecule has 2 aromatic rings. The highest BCUT2D eigenvalue weighted by atomic mass is 35.5. The lowest BCUT2D eigenvalue weighted by atomic mass is 9.89. The molecule has 0 saturated heterocycles. The van der Waals surface area contributed by atoms with Crippen LogP contribution in [0.25, 0.3) is 6.08 Å². The second-order valence-electron chi connectivity index (χ2n) is 7.30. The largest absolute Gasteiger partial charge is 0.477 e. The van der Waals surface area contributed by atoms with Gasteiger partial charge in [0.15, 0.2) is 0 Å². The van der Waals surface area contributed by atoms with Gasteiger partial charge in [-0.1, -0.05) is 42.0 Å². The molecule has 0 spiro atoms. The summed E-state index contributed by atoms with van der Waals surface area (Å²) in [4.78, 5) is 12.5. The minimum atomic E-state index is -0.868. The summed E-state index contributed by atoms with van der Waals surface area (Å²) >= 11 is 7.87. The first-order valence-electron chi connectivity index (χ1n) is 9.33. The first-order valence-corrected chi connectivity index (χ1v) is 10.6. The number of hydrogen-bond donors (Lipinski definition) is 2. The molecular weight excluding hydrogens is 380 g/mol. The van der Waals surface area contributed by atoms with Crippen molar-refractivity contribution in [3.63, 3.8) is 0 Å². The summed E-state index contributed by atoms with van der Waals surface area (Å²) in [7, 11) is 0. The molecule has 5 heteroatoms. The smallest absolute Gasteiger partial charge is 0.345 e. The third kappa shape index (κ3) is 5.22. The summed E-state index contributed by atoms with van der Waals surface area (Å²) in [5.74, 6) is -0.570. The van der Waals surface area contributed by atoms with Crippen molar-refractivity contribution < 1.29 is 15.0 Å². The molecule has 2 N–H and O–H groups in total. The summed E-state index contributed by atoms with van der Waals surface area (Å²) in [6, 6.07) is 11.9. The number of thiophene rings is 1. The van der Waals surface area contributed by atoms with Crippen LogP contribution in [0.4, 0.5) is 0 Å². The Hall–Kier alpha value is -1.62. The monoisotopic (exact) mass is 404 g/mol. The van der Waals surface area contributed by atoms with Crippen molar-refractivity contribution in [1.82, 2.24) is 0 Å². The summed E-state index contributed by atoms with van der Waals surface area (Å²) < 4.78 is 0. The van der Waals surface area contributed by atoms with E-state index >= 15 is 0 Å². The molecule has 144 valence electrons. The summed E-state index contributed by atoms with van der Waals surface area (Å²) in [5.41, 5.74) is 2.35. The molecule has 0 bridgehead atoms. The Morgan fingerprint density at radius 3 is 2.85 bits per heavy atom. The van der Waals surface area contributed by atoms with Crippen molar-refractivity contribution >= 4 is 35.0 Å². The number of carboxylic acid groups (broad SMARTS) is 1. The van der Waals surface area contributed by atoms with E-state index in [2.05, 4.69) is 37.3 Å². The van der Waals surface area contributed by atoms with Gasteiger partial charge >= 0.3 is 5.97 Å². The Balaban J connectivity index is 1.60. The van der Waals surface area contributed by atoms with Gasteiger partial charge in [0, 0.05) is 16.2 Å². The third-order valence-corrected chi connectivity index (χ3v) is 6.89. The van der Waals surface area contributed by atoms with E-state index in [0.29, 0.717) is 11.3 Å². The topological polar surface area (TPSA) is 57.5 Å². The summed E-state index contributed by atoms with van der Waals surface area (Å²) in [5, 5.41) is 19.4. The number of aliphatic hydroxyl groups is 1. The van der Waals surface area contributed by atoms with Crippen LogP contribution in [0.5, 0.6) is 0 Å². The number of aryl methyl sites for hydroxylation is 2. The van der Waals surface area contributed by atoms with Crippen molar-refractivity contribution in [1.29, 1.82) is 0 Å². The average Bonchev–Trinajstić information content (AvgIpc) is 3.19. The predicted octanol–water partition coefficient (Wildman–Crippen LogP) is 5.40. The van der Waals surface area contributed by atoms with E-state index in [1.807, 2.05) is 12.1 Å². The van der Waals surface area contributed by atoms with Gasteiger partial charge in [0.2, 0.25) is 0 Å². The fourth-order valence-electron chi connectivity index (χ4n) is 3.87. The van der Waals surface area contributed by atoms with Gasteiger partial charge in [0.1, 0.15) is 4.88 Å². The highest BCUT2D eigenvalue weighted by molar-refractivity contribution is 7.13. The zero-order chi connectivity index (χ0) is 19.4. The van der Waals surface area contributed by atoms with Gasteiger partial charge in [-0.2, -0.15) is 0 Å². The van der Waals surface area contributed by atoms with Crippen LogP contribution in [0.2, 0.25) is 0 Å². The van der Waals surface area contributed by atoms with Gasteiger partial charge in [-0.15, -0.1) is 22.9 Å². The van der Waals surface area contributed by atoms with Crippen molar-refractivity contribution in [2.75, 3.05) is 0 Å². The van der Waals surface area contributed by atoms with E-state index < -0.39 is 12.1 Å². The highest BCUT2D eigenvalue weighted by Crippen LogP contribution is 2.40. The van der Waals surface area contributed by atoms with Gasteiger partial charge in [-0.05, 0) is 56.2 Å². The van der Waals surface area contributed by atoms with Crippen LogP contribution in [0.3, 0.4) is 0 Å². The molecule has 3 nitrogen and oxygen atoms in total. The predicted molar refractivity (Wildman–Crippen MR) is 112 cm³/mol. The number of hydrogen-bond acceptors (Lipinski definition) is 3. The SMILES string of the molecule is Cc1cccc(/C=C/[C@H]2C(O)C[C@@H](Cl)C2CCCc2ccc(C(=O)O)s2)c1. The zero-order valence-electron chi connectivity index (χ0n) is 15.3. The van der Waals surface area contributed by atoms with Crippen molar-refractivity contribution in [3.05, 3.63) is 63.4 Å². The molecule has 1 fully saturated rings. The lowest BCUT2D eigenvalue weighted by Gasteiger charge is -2.20. The van der Waals surface area contributed by atoms with E-state index in [-0.39, 0.29) is 17.2 Å². The number of aliphatic hydroxyl groups excluding tert-OH is 1. The van der Waals surface area contributed by atoms with E-state index in [1.54, 1.807) is 6.07 Å². The van der Waals surface area contributed by atoms with Crippen LogP contribution in [-0.4, -0.2) is 27.7 Å². The number of halogens is 1. The van der Waals surface area contributed by atoms with Crippen LogP contribution in [-0.2, 0) is 6.42 Å². The Morgan fingerprint density at radius 1 is 1.33 bits per heavy atom. The molecule has 1 aliphatic rings. The molecule has 4 atom stereocenters. The number of rotatable bonds is 7. The molecular formula is C22H25ClO3S. The first kappa shape index (κ1) is 20.1. The van der Waals surface area contributed by atoms with Crippen molar-refractivity contribution in [3.8, 4) is 0 Å². The Morgan fingerprint density at radius 2 is 2.15 bits per heavy atom. The van der Waals surface area contributed by atoms with Gasteiger partial charge in [-0.3, -0.25) is 0 Å². The van der Waals surface area contributed by atoms with E-state index in [4.69, 9.17) is 16.7 Å². The molecule has 2 unspecified atom stereocenters.